The Bertz CT molecular complexity index is 760. The van der Waals surface area contributed by atoms with Gasteiger partial charge in [0.2, 0.25) is 0 Å². The van der Waals surface area contributed by atoms with Crippen molar-refractivity contribution in [1.29, 1.82) is 0 Å². The SMILES string of the molecule is c1ccc(-c2nc(C3CCOCC3)n(CCc3cnc[nH]3)n2)cc1. The number of nitrogens with zero attached hydrogens (tertiary/aromatic N) is 4. The van der Waals surface area contributed by atoms with Crippen molar-refractivity contribution in [2.75, 3.05) is 13.2 Å². The summed E-state index contributed by atoms with van der Waals surface area (Å²) in [6, 6.07) is 10.2. The molecule has 0 bridgehead atoms. The van der Waals surface area contributed by atoms with E-state index in [-0.39, 0.29) is 0 Å². The number of aromatic nitrogens is 5. The van der Waals surface area contributed by atoms with E-state index >= 15 is 0 Å². The molecule has 0 amide bonds. The smallest absolute Gasteiger partial charge is 0.181 e. The van der Waals surface area contributed by atoms with Crippen LogP contribution in [0.2, 0.25) is 0 Å². The molecule has 0 spiro atoms. The zero-order chi connectivity index (χ0) is 16.2. The summed E-state index contributed by atoms with van der Waals surface area (Å²) in [6.07, 6.45) is 6.47. The standard InChI is InChI=1S/C18H21N5O/c1-2-4-14(5-3-1)17-21-18(15-7-10-24-11-8-15)23(22-17)9-6-16-12-19-13-20-16/h1-5,12-13,15H,6-11H2,(H,19,20). The zero-order valence-electron chi connectivity index (χ0n) is 13.6. The molecular formula is C18H21N5O. The number of H-pyrrole nitrogens is 1. The van der Waals surface area contributed by atoms with Crippen molar-refractivity contribution in [3.05, 3.63) is 54.4 Å². The molecule has 124 valence electrons. The van der Waals surface area contributed by atoms with E-state index in [2.05, 4.69) is 26.8 Å². The van der Waals surface area contributed by atoms with Crippen LogP contribution in [0.25, 0.3) is 11.4 Å². The number of imidazole rings is 1. The highest BCUT2D eigenvalue weighted by molar-refractivity contribution is 5.54. The lowest BCUT2D eigenvalue weighted by Gasteiger charge is -2.21. The Kier molecular flexibility index (Phi) is 4.38. The lowest BCUT2D eigenvalue weighted by Crippen LogP contribution is -2.19. The predicted octanol–water partition coefficient (Wildman–Crippen LogP) is 2.80. The van der Waals surface area contributed by atoms with Crippen molar-refractivity contribution in [1.82, 2.24) is 24.7 Å². The van der Waals surface area contributed by atoms with Crippen LogP contribution in [0.3, 0.4) is 0 Å². The molecule has 1 aliphatic heterocycles. The molecule has 6 heteroatoms. The van der Waals surface area contributed by atoms with Gasteiger partial charge in [-0.2, -0.15) is 5.10 Å². The van der Waals surface area contributed by atoms with E-state index in [0.717, 1.165) is 61.9 Å². The van der Waals surface area contributed by atoms with Gasteiger partial charge in [-0.1, -0.05) is 30.3 Å². The molecule has 3 heterocycles. The van der Waals surface area contributed by atoms with Crippen LogP contribution >= 0.6 is 0 Å². The molecule has 2 aromatic heterocycles. The molecule has 1 saturated heterocycles. The first kappa shape index (κ1) is 15.1. The van der Waals surface area contributed by atoms with E-state index in [4.69, 9.17) is 14.8 Å². The first-order valence-electron chi connectivity index (χ1n) is 8.45. The van der Waals surface area contributed by atoms with E-state index in [9.17, 15) is 0 Å². The Labute approximate surface area is 140 Å². The maximum Gasteiger partial charge on any atom is 0.181 e. The maximum absolute atomic E-state index is 5.50. The third kappa shape index (κ3) is 3.23. The average molecular weight is 323 g/mol. The molecule has 4 rings (SSSR count). The average Bonchev–Trinajstić information content (AvgIpc) is 3.31. The predicted molar refractivity (Wildman–Crippen MR) is 90.5 cm³/mol. The fourth-order valence-corrected chi connectivity index (χ4v) is 3.13. The Morgan fingerprint density at radius 3 is 2.75 bits per heavy atom. The lowest BCUT2D eigenvalue weighted by atomic mass is 9.99. The topological polar surface area (TPSA) is 68.6 Å². The molecule has 1 aromatic carbocycles. The lowest BCUT2D eigenvalue weighted by molar-refractivity contribution is 0.0825. The molecule has 0 radical (unpaired) electrons. The van der Waals surface area contributed by atoms with Gasteiger partial charge in [-0.25, -0.2) is 14.6 Å². The molecule has 24 heavy (non-hydrogen) atoms. The van der Waals surface area contributed by atoms with Gasteiger partial charge in [0.1, 0.15) is 5.82 Å². The first-order chi connectivity index (χ1) is 11.9. The second kappa shape index (κ2) is 6.97. The molecule has 0 aliphatic carbocycles. The van der Waals surface area contributed by atoms with Crippen LogP contribution in [0, 0.1) is 0 Å². The molecular weight excluding hydrogens is 302 g/mol. The minimum atomic E-state index is 0.422. The van der Waals surface area contributed by atoms with Crippen LogP contribution in [0.5, 0.6) is 0 Å². The third-order valence-corrected chi connectivity index (χ3v) is 4.47. The van der Waals surface area contributed by atoms with E-state index in [1.807, 2.05) is 24.4 Å². The maximum atomic E-state index is 5.50. The van der Waals surface area contributed by atoms with E-state index in [0.29, 0.717) is 5.92 Å². The number of ether oxygens (including phenoxy) is 1. The van der Waals surface area contributed by atoms with Crippen LogP contribution < -0.4 is 0 Å². The molecule has 0 saturated carbocycles. The van der Waals surface area contributed by atoms with Gasteiger partial charge in [-0.05, 0) is 12.8 Å². The normalized spacial score (nSPS) is 15.7. The van der Waals surface area contributed by atoms with Crippen LogP contribution in [0.1, 0.15) is 30.3 Å². The summed E-state index contributed by atoms with van der Waals surface area (Å²) in [4.78, 5) is 12.1. The number of aromatic amines is 1. The third-order valence-electron chi connectivity index (χ3n) is 4.47. The van der Waals surface area contributed by atoms with Crippen molar-refractivity contribution in [3.63, 3.8) is 0 Å². The van der Waals surface area contributed by atoms with Crippen molar-refractivity contribution in [3.8, 4) is 11.4 Å². The summed E-state index contributed by atoms with van der Waals surface area (Å²) in [6.45, 7) is 2.41. The molecule has 6 nitrogen and oxygen atoms in total. The quantitative estimate of drug-likeness (QED) is 0.784. The van der Waals surface area contributed by atoms with Gasteiger partial charge >= 0.3 is 0 Å². The summed E-state index contributed by atoms with van der Waals surface area (Å²) in [5, 5.41) is 4.79. The summed E-state index contributed by atoms with van der Waals surface area (Å²) in [7, 11) is 0. The highest BCUT2D eigenvalue weighted by Crippen LogP contribution is 2.27. The van der Waals surface area contributed by atoms with Crippen LogP contribution in [0.15, 0.2) is 42.9 Å². The second-order valence-electron chi connectivity index (χ2n) is 6.10. The van der Waals surface area contributed by atoms with Gasteiger partial charge < -0.3 is 9.72 Å². The van der Waals surface area contributed by atoms with Crippen LogP contribution in [-0.4, -0.2) is 37.9 Å². The van der Waals surface area contributed by atoms with E-state index < -0.39 is 0 Å². The van der Waals surface area contributed by atoms with Crippen molar-refractivity contribution in [2.45, 2.75) is 31.7 Å². The van der Waals surface area contributed by atoms with Crippen molar-refractivity contribution < 1.29 is 4.74 Å². The Balaban J connectivity index is 1.62. The molecule has 1 fully saturated rings. The number of rotatable bonds is 5. The molecule has 0 atom stereocenters. The zero-order valence-corrected chi connectivity index (χ0v) is 13.6. The number of benzene rings is 1. The Hall–Kier alpha value is -2.47. The van der Waals surface area contributed by atoms with Gasteiger partial charge in [-0.15, -0.1) is 0 Å². The highest BCUT2D eigenvalue weighted by atomic mass is 16.5. The largest absolute Gasteiger partial charge is 0.381 e. The van der Waals surface area contributed by atoms with Gasteiger partial charge in [0, 0.05) is 49.6 Å². The summed E-state index contributed by atoms with van der Waals surface area (Å²) in [5.74, 6) is 2.31. The number of hydrogen-bond acceptors (Lipinski definition) is 4. The molecule has 3 aromatic rings. The van der Waals surface area contributed by atoms with Crippen LogP contribution in [-0.2, 0) is 17.7 Å². The summed E-state index contributed by atoms with van der Waals surface area (Å²) >= 11 is 0. The summed E-state index contributed by atoms with van der Waals surface area (Å²) < 4.78 is 7.57. The Morgan fingerprint density at radius 2 is 2.00 bits per heavy atom. The van der Waals surface area contributed by atoms with Crippen LogP contribution in [0.4, 0.5) is 0 Å². The van der Waals surface area contributed by atoms with E-state index in [1.54, 1.807) is 6.33 Å². The first-order valence-corrected chi connectivity index (χ1v) is 8.45. The molecule has 1 N–H and O–H groups in total. The molecule has 1 aliphatic rings. The van der Waals surface area contributed by atoms with Gasteiger partial charge in [0.05, 0.1) is 6.33 Å². The fraction of sp³-hybridized carbons (Fsp3) is 0.389. The number of nitrogens with one attached hydrogen (secondary N) is 1. The summed E-state index contributed by atoms with van der Waals surface area (Å²) in [5.41, 5.74) is 2.18. The fourth-order valence-electron chi connectivity index (χ4n) is 3.13. The Morgan fingerprint density at radius 1 is 1.17 bits per heavy atom. The minimum absolute atomic E-state index is 0.422. The monoisotopic (exact) mass is 323 g/mol. The molecule has 0 unspecified atom stereocenters. The van der Waals surface area contributed by atoms with Crippen molar-refractivity contribution in [2.24, 2.45) is 0 Å². The van der Waals surface area contributed by atoms with Gasteiger partial charge in [0.15, 0.2) is 5.82 Å². The number of aryl methyl sites for hydroxylation is 2. The van der Waals surface area contributed by atoms with Gasteiger partial charge in [-0.3, -0.25) is 0 Å². The highest BCUT2D eigenvalue weighted by Gasteiger charge is 2.23. The van der Waals surface area contributed by atoms with E-state index in [1.165, 1.54) is 0 Å². The van der Waals surface area contributed by atoms with Crippen molar-refractivity contribution >= 4 is 0 Å². The number of hydrogen-bond donors (Lipinski definition) is 1. The van der Waals surface area contributed by atoms with Gasteiger partial charge in [0.25, 0.3) is 0 Å². The minimum Gasteiger partial charge on any atom is -0.381 e. The second-order valence-corrected chi connectivity index (χ2v) is 6.10.